The number of aryl methyl sites for hydroxylation is 1. The van der Waals surface area contributed by atoms with E-state index in [4.69, 9.17) is 17.3 Å². The lowest BCUT2D eigenvalue weighted by Crippen LogP contribution is -2.35. The first kappa shape index (κ1) is 12.5. The SMILES string of the molecule is Cc1cc(Cl)ccc1C1C(N)=NC(=O)N1CC1CC1. The van der Waals surface area contributed by atoms with Crippen LogP contribution in [0, 0.1) is 12.8 Å². The van der Waals surface area contributed by atoms with E-state index in [-0.39, 0.29) is 12.1 Å². The predicted octanol–water partition coefficient (Wildman–Crippen LogP) is 2.89. The maximum Gasteiger partial charge on any atom is 0.346 e. The molecule has 1 fully saturated rings. The molecule has 100 valence electrons. The molecule has 1 aromatic carbocycles. The van der Waals surface area contributed by atoms with Gasteiger partial charge in [0.25, 0.3) is 0 Å². The van der Waals surface area contributed by atoms with Crippen LogP contribution in [-0.4, -0.2) is 23.3 Å². The third-order valence-electron chi connectivity index (χ3n) is 3.74. The minimum atomic E-state index is -0.231. The smallest absolute Gasteiger partial charge is 0.346 e. The summed E-state index contributed by atoms with van der Waals surface area (Å²) in [6.07, 6.45) is 2.38. The normalized spacial score (nSPS) is 22.8. The van der Waals surface area contributed by atoms with Crippen LogP contribution in [0.15, 0.2) is 23.2 Å². The first-order valence-electron chi connectivity index (χ1n) is 6.47. The van der Waals surface area contributed by atoms with Crippen LogP contribution in [0.3, 0.4) is 0 Å². The van der Waals surface area contributed by atoms with Gasteiger partial charge >= 0.3 is 6.03 Å². The van der Waals surface area contributed by atoms with Crippen LogP contribution in [-0.2, 0) is 0 Å². The Morgan fingerprint density at radius 1 is 1.47 bits per heavy atom. The first-order valence-corrected chi connectivity index (χ1v) is 6.85. The van der Waals surface area contributed by atoms with Crippen molar-refractivity contribution in [3.63, 3.8) is 0 Å². The number of nitrogens with two attached hydrogens (primary N) is 1. The lowest BCUT2D eigenvalue weighted by molar-refractivity contribution is 0.203. The van der Waals surface area contributed by atoms with E-state index in [1.165, 1.54) is 12.8 Å². The summed E-state index contributed by atoms with van der Waals surface area (Å²) in [5.41, 5.74) is 7.99. The molecule has 3 rings (SSSR count). The van der Waals surface area contributed by atoms with Gasteiger partial charge in [-0.3, -0.25) is 0 Å². The zero-order valence-electron chi connectivity index (χ0n) is 10.8. The first-order chi connectivity index (χ1) is 9.06. The van der Waals surface area contributed by atoms with Gasteiger partial charge in [-0.25, -0.2) is 4.79 Å². The number of nitrogens with zero attached hydrogens (tertiary/aromatic N) is 2. The van der Waals surface area contributed by atoms with Gasteiger partial charge in [-0.2, -0.15) is 4.99 Å². The topological polar surface area (TPSA) is 58.7 Å². The molecule has 1 unspecified atom stereocenters. The number of amidine groups is 1. The van der Waals surface area contributed by atoms with E-state index in [1.807, 2.05) is 25.1 Å². The molecule has 1 aliphatic heterocycles. The summed E-state index contributed by atoms with van der Waals surface area (Å²) < 4.78 is 0. The quantitative estimate of drug-likeness (QED) is 0.923. The molecule has 1 aliphatic carbocycles. The van der Waals surface area contributed by atoms with Crippen molar-refractivity contribution in [1.82, 2.24) is 4.90 Å². The summed E-state index contributed by atoms with van der Waals surface area (Å²) in [6.45, 7) is 2.72. The van der Waals surface area contributed by atoms with E-state index >= 15 is 0 Å². The fraction of sp³-hybridized carbons (Fsp3) is 0.429. The molecular weight excluding hydrogens is 262 g/mol. The Hall–Kier alpha value is -1.55. The molecule has 5 heteroatoms. The highest BCUT2D eigenvalue weighted by atomic mass is 35.5. The Balaban J connectivity index is 1.95. The van der Waals surface area contributed by atoms with E-state index in [9.17, 15) is 4.79 Å². The maximum absolute atomic E-state index is 11.9. The van der Waals surface area contributed by atoms with Crippen molar-refractivity contribution in [1.29, 1.82) is 0 Å². The Morgan fingerprint density at radius 2 is 2.21 bits per heavy atom. The van der Waals surface area contributed by atoms with Crippen LogP contribution in [0.4, 0.5) is 4.79 Å². The largest absolute Gasteiger partial charge is 0.385 e. The summed E-state index contributed by atoms with van der Waals surface area (Å²) in [5.74, 6) is 0.997. The highest BCUT2D eigenvalue weighted by molar-refractivity contribution is 6.30. The van der Waals surface area contributed by atoms with Gasteiger partial charge in [0, 0.05) is 11.6 Å². The molecule has 2 amide bonds. The Bertz CT molecular complexity index is 566. The molecular formula is C14H16ClN3O. The van der Waals surface area contributed by atoms with Crippen molar-refractivity contribution in [2.45, 2.75) is 25.8 Å². The number of rotatable bonds is 3. The van der Waals surface area contributed by atoms with Crippen LogP contribution in [0.1, 0.15) is 30.0 Å². The van der Waals surface area contributed by atoms with Crippen LogP contribution in [0.2, 0.25) is 5.02 Å². The Morgan fingerprint density at radius 3 is 2.84 bits per heavy atom. The predicted molar refractivity (Wildman–Crippen MR) is 75.4 cm³/mol. The van der Waals surface area contributed by atoms with Gasteiger partial charge in [-0.15, -0.1) is 0 Å². The minimum absolute atomic E-state index is 0.219. The molecule has 1 atom stereocenters. The van der Waals surface area contributed by atoms with Crippen molar-refractivity contribution < 1.29 is 4.79 Å². The molecule has 1 saturated carbocycles. The van der Waals surface area contributed by atoms with Crippen LogP contribution >= 0.6 is 11.6 Å². The van der Waals surface area contributed by atoms with Crippen LogP contribution < -0.4 is 5.73 Å². The van der Waals surface area contributed by atoms with Crippen LogP contribution in [0.5, 0.6) is 0 Å². The van der Waals surface area contributed by atoms with Gasteiger partial charge in [0.2, 0.25) is 0 Å². The third-order valence-corrected chi connectivity index (χ3v) is 3.98. The summed E-state index contributed by atoms with van der Waals surface area (Å²) >= 11 is 5.98. The number of benzene rings is 1. The zero-order valence-corrected chi connectivity index (χ0v) is 11.5. The zero-order chi connectivity index (χ0) is 13.6. The number of hydrogen-bond acceptors (Lipinski definition) is 2. The van der Waals surface area contributed by atoms with Crippen molar-refractivity contribution in [3.8, 4) is 0 Å². The minimum Gasteiger partial charge on any atom is -0.385 e. The summed E-state index contributed by atoms with van der Waals surface area (Å²) in [7, 11) is 0. The second-order valence-electron chi connectivity index (χ2n) is 5.32. The molecule has 0 saturated heterocycles. The second-order valence-corrected chi connectivity index (χ2v) is 5.75. The second kappa shape index (κ2) is 4.53. The number of carbonyl (C=O) groups excluding carboxylic acids is 1. The molecule has 0 radical (unpaired) electrons. The van der Waals surface area contributed by atoms with E-state index in [1.54, 1.807) is 4.90 Å². The molecule has 2 aliphatic rings. The van der Waals surface area contributed by atoms with E-state index in [0.29, 0.717) is 16.8 Å². The highest BCUT2D eigenvalue weighted by Gasteiger charge is 2.38. The molecule has 0 bridgehead atoms. The lowest BCUT2D eigenvalue weighted by atomic mass is 9.99. The maximum atomic E-state index is 11.9. The average Bonchev–Trinajstić information content (AvgIpc) is 3.09. The molecule has 19 heavy (non-hydrogen) atoms. The van der Waals surface area contributed by atoms with Gasteiger partial charge in [-0.05, 0) is 48.9 Å². The average molecular weight is 278 g/mol. The van der Waals surface area contributed by atoms with E-state index in [0.717, 1.165) is 17.7 Å². The lowest BCUT2D eigenvalue weighted by Gasteiger charge is -2.25. The number of halogens is 1. The Labute approximate surface area is 117 Å². The molecule has 0 spiro atoms. The summed E-state index contributed by atoms with van der Waals surface area (Å²) in [4.78, 5) is 17.6. The fourth-order valence-corrected chi connectivity index (χ4v) is 2.77. The number of carbonyl (C=O) groups is 1. The van der Waals surface area contributed by atoms with E-state index in [2.05, 4.69) is 4.99 Å². The van der Waals surface area contributed by atoms with Gasteiger partial charge in [0.05, 0.1) is 0 Å². The van der Waals surface area contributed by atoms with Crippen molar-refractivity contribution in [3.05, 3.63) is 34.3 Å². The number of amides is 2. The molecule has 1 heterocycles. The molecule has 2 N–H and O–H groups in total. The summed E-state index contributed by atoms with van der Waals surface area (Å²) in [6, 6.07) is 5.20. The van der Waals surface area contributed by atoms with Gasteiger partial charge in [-0.1, -0.05) is 17.7 Å². The highest BCUT2D eigenvalue weighted by Crippen LogP contribution is 2.36. The standard InChI is InChI=1S/C14H16ClN3O/c1-8-6-10(15)4-5-11(8)12-13(16)17-14(19)18(12)7-9-2-3-9/h4-6,9,12H,2-3,7H2,1H3,(H2,16,17,19). The number of hydrogen-bond donors (Lipinski definition) is 1. The number of aliphatic imine (C=N–C) groups is 1. The van der Waals surface area contributed by atoms with Crippen molar-refractivity contribution in [2.24, 2.45) is 16.6 Å². The van der Waals surface area contributed by atoms with E-state index < -0.39 is 0 Å². The van der Waals surface area contributed by atoms with Gasteiger partial charge in [0.1, 0.15) is 11.9 Å². The molecule has 4 nitrogen and oxygen atoms in total. The molecule has 0 aromatic heterocycles. The monoisotopic (exact) mass is 277 g/mol. The fourth-order valence-electron chi connectivity index (χ4n) is 2.54. The van der Waals surface area contributed by atoms with Gasteiger partial charge in [0.15, 0.2) is 0 Å². The third kappa shape index (κ3) is 2.32. The number of urea groups is 1. The Kier molecular flexibility index (Phi) is 2.97. The van der Waals surface area contributed by atoms with Gasteiger partial charge < -0.3 is 10.6 Å². The van der Waals surface area contributed by atoms with Crippen molar-refractivity contribution in [2.75, 3.05) is 6.54 Å². The molecule has 1 aromatic rings. The summed E-state index contributed by atoms with van der Waals surface area (Å²) in [5, 5.41) is 0.690. The van der Waals surface area contributed by atoms with Crippen molar-refractivity contribution >= 4 is 23.5 Å². The van der Waals surface area contributed by atoms with Crippen LogP contribution in [0.25, 0.3) is 0 Å².